The second-order valence-corrected chi connectivity index (χ2v) is 5.81. The second kappa shape index (κ2) is 8.43. The molecule has 8 heteroatoms. The van der Waals surface area contributed by atoms with Gasteiger partial charge in [0.1, 0.15) is 6.04 Å². The molecule has 0 aliphatic rings. The number of esters is 1. The Balaban J connectivity index is 2.68. The minimum Gasteiger partial charge on any atom is -0.464 e. The van der Waals surface area contributed by atoms with Gasteiger partial charge in [0.05, 0.1) is 35.5 Å². The molecular formula is C14H22ClN3O3S. The van der Waals surface area contributed by atoms with Crippen LogP contribution in [0.5, 0.6) is 0 Å². The van der Waals surface area contributed by atoms with Crippen molar-refractivity contribution in [3.8, 4) is 0 Å². The lowest BCUT2D eigenvalue weighted by Crippen LogP contribution is -2.46. The molecule has 1 heterocycles. The number of nitrogens with one attached hydrogen (secondary N) is 1. The first-order valence-corrected chi connectivity index (χ1v) is 8.10. The van der Waals surface area contributed by atoms with Crippen LogP contribution in [0.25, 0.3) is 0 Å². The zero-order valence-electron chi connectivity index (χ0n) is 13.2. The van der Waals surface area contributed by atoms with Gasteiger partial charge in [0.15, 0.2) is 0 Å². The Morgan fingerprint density at radius 1 is 1.45 bits per heavy atom. The maximum absolute atomic E-state index is 12.2. The topological polar surface area (TPSA) is 73.2 Å². The van der Waals surface area contributed by atoms with Crippen LogP contribution in [0.15, 0.2) is 0 Å². The summed E-state index contributed by atoms with van der Waals surface area (Å²) in [5, 5.41) is 7.55. The summed E-state index contributed by atoms with van der Waals surface area (Å²) in [6, 6.07) is -0.748. The molecule has 0 spiro atoms. The number of carbonyl (C=O) groups is 2. The maximum atomic E-state index is 12.2. The van der Waals surface area contributed by atoms with Gasteiger partial charge in [0.2, 0.25) is 5.91 Å². The predicted octanol–water partition coefficient (Wildman–Crippen LogP) is 1.77. The highest BCUT2D eigenvalue weighted by molar-refractivity contribution is 7.80. The van der Waals surface area contributed by atoms with Crippen molar-refractivity contribution < 1.29 is 14.3 Å². The smallest absolute Gasteiger partial charge is 0.329 e. The fraction of sp³-hybridized carbons (Fsp3) is 0.643. The minimum atomic E-state index is -0.748. The highest BCUT2D eigenvalue weighted by Gasteiger charge is 2.24. The maximum Gasteiger partial charge on any atom is 0.329 e. The Labute approximate surface area is 140 Å². The first kappa shape index (κ1) is 18.8. The fourth-order valence-electron chi connectivity index (χ4n) is 1.93. The third-order valence-corrected chi connectivity index (χ3v) is 4.17. The van der Waals surface area contributed by atoms with E-state index in [0.717, 1.165) is 11.4 Å². The normalized spacial score (nSPS) is 13.5. The molecule has 0 saturated heterocycles. The Bertz CT molecular complexity index is 548. The lowest BCUT2D eigenvalue weighted by molar-refractivity contribution is -0.147. The van der Waals surface area contributed by atoms with Crippen LogP contribution in [-0.2, 0) is 20.9 Å². The van der Waals surface area contributed by atoms with Crippen LogP contribution in [-0.4, -0.2) is 40.1 Å². The predicted molar refractivity (Wildman–Crippen MR) is 88.3 cm³/mol. The summed E-state index contributed by atoms with van der Waals surface area (Å²) in [5.74, 6) is -0.919. The molecule has 22 heavy (non-hydrogen) atoms. The van der Waals surface area contributed by atoms with E-state index < -0.39 is 12.0 Å². The van der Waals surface area contributed by atoms with Gasteiger partial charge in [-0.3, -0.25) is 9.48 Å². The van der Waals surface area contributed by atoms with E-state index in [4.69, 9.17) is 16.3 Å². The first-order chi connectivity index (χ1) is 10.3. The third kappa shape index (κ3) is 4.64. The van der Waals surface area contributed by atoms with Gasteiger partial charge in [0.25, 0.3) is 0 Å². The van der Waals surface area contributed by atoms with Crippen LogP contribution in [0, 0.1) is 19.8 Å². The Kier molecular flexibility index (Phi) is 7.22. The van der Waals surface area contributed by atoms with Crippen LogP contribution < -0.4 is 5.32 Å². The molecule has 124 valence electrons. The molecule has 0 radical (unpaired) electrons. The minimum absolute atomic E-state index is 0.184. The van der Waals surface area contributed by atoms with Crippen molar-refractivity contribution in [3.05, 3.63) is 16.4 Å². The number of aromatic nitrogens is 2. The van der Waals surface area contributed by atoms with Crippen LogP contribution >= 0.6 is 24.2 Å². The average Bonchev–Trinajstić information content (AvgIpc) is 2.71. The molecule has 0 bridgehead atoms. The van der Waals surface area contributed by atoms with E-state index in [-0.39, 0.29) is 24.2 Å². The van der Waals surface area contributed by atoms with Crippen molar-refractivity contribution in [1.29, 1.82) is 0 Å². The van der Waals surface area contributed by atoms with Crippen LogP contribution in [0.3, 0.4) is 0 Å². The molecular weight excluding hydrogens is 326 g/mol. The van der Waals surface area contributed by atoms with Gasteiger partial charge in [-0.1, -0.05) is 18.5 Å². The van der Waals surface area contributed by atoms with E-state index in [0.29, 0.717) is 11.6 Å². The van der Waals surface area contributed by atoms with Gasteiger partial charge in [-0.15, -0.1) is 0 Å². The quantitative estimate of drug-likeness (QED) is 0.582. The molecule has 1 N–H and O–H groups in total. The number of aryl methyl sites for hydroxylation is 1. The van der Waals surface area contributed by atoms with Gasteiger partial charge in [0, 0.05) is 5.75 Å². The average molecular weight is 348 g/mol. The Morgan fingerprint density at radius 2 is 2.09 bits per heavy atom. The molecule has 0 aliphatic heterocycles. The van der Waals surface area contributed by atoms with E-state index in [1.165, 1.54) is 0 Å². The standard InChI is InChI=1S/C14H22ClN3O3S/c1-5-21-14(20)11(7-22)16-13(19)8(2)6-18-10(4)12(15)9(3)17-18/h8,11,22H,5-7H2,1-4H3,(H,16,19)/t8?,11-/m0/s1. The number of halogens is 1. The SMILES string of the molecule is CCOC(=O)[C@H](CS)NC(=O)C(C)Cn1nc(C)c(Cl)c1C. The lowest BCUT2D eigenvalue weighted by Gasteiger charge is -2.18. The summed E-state index contributed by atoms with van der Waals surface area (Å²) in [7, 11) is 0. The summed E-state index contributed by atoms with van der Waals surface area (Å²) < 4.78 is 6.59. The molecule has 1 aromatic heterocycles. The monoisotopic (exact) mass is 347 g/mol. The zero-order valence-corrected chi connectivity index (χ0v) is 14.9. The highest BCUT2D eigenvalue weighted by atomic mass is 35.5. The van der Waals surface area contributed by atoms with E-state index in [9.17, 15) is 9.59 Å². The number of ether oxygens (including phenoxy) is 1. The fourth-order valence-corrected chi connectivity index (χ4v) is 2.31. The summed E-state index contributed by atoms with van der Waals surface area (Å²) in [6.45, 7) is 7.79. The van der Waals surface area contributed by atoms with Gasteiger partial charge in [-0.25, -0.2) is 4.79 Å². The molecule has 0 aliphatic carbocycles. The number of carbonyl (C=O) groups excluding carboxylic acids is 2. The number of hydrogen-bond acceptors (Lipinski definition) is 5. The van der Waals surface area contributed by atoms with E-state index in [1.807, 2.05) is 13.8 Å². The second-order valence-electron chi connectivity index (χ2n) is 5.06. The van der Waals surface area contributed by atoms with E-state index in [1.54, 1.807) is 18.5 Å². The number of hydrogen-bond donors (Lipinski definition) is 2. The summed E-state index contributed by atoms with van der Waals surface area (Å²) in [4.78, 5) is 23.9. The summed E-state index contributed by atoms with van der Waals surface area (Å²) in [5.41, 5.74) is 1.54. The number of rotatable bonds is 7. The van der Waals surface area contributed by atoms with Crippen molar-refractivity contribution in [1.82, 2.24) is 15.1 Å². The molecule has 6 nitrogen and oxygen atoms in total. The lowest BCUT2D eigenvalue weighted by atomic mass is 10.1. The molecule has 0 fully saturated rings. The van der Waals surface area contributed by atoms with Gasteiger partial charge >= 0.3 is 5.97 Å². The highest BCUT2D eigenvalue weighted by Crippen LogP contribution is 2.19. The van der Waals surface area contributed by atoms with Gasteiger partial charge in [-0.05, 0) is 20.8 Å². The number of nitrogens with zero attached hydrogens (tertiary/aromatic N) is 2. The molecule has 1 amide bonds. The van der Waals surface area contributed by atoms with Crippen LogP contribution in [0.4, 0.5) is 0 Å². The van der Waals surface area contributed by atoms with Gasteiger partial charge in [-0.2, -0.15) is 17.7 Å². The molecule has 2 atom stereocenters. The molecule has 1 rings (SSSR count). The molecule has 0 aromatic carbocycles. The first-order valence-electron chi connectivity index (χ1n) is 7.09. The van der Waals surface area contributed by atoms with Crippen LogP contribution in [0.2, 0.25) is 5.02 Å². The summed E-state index contributed by atoms with van der Waals surface area (Å²) in [6.07, 6.45) is 0. The van der Waals surface area contributed by atoms with Crippen molar-refractivity contribution in [2.75, 3.05) is 12.4 Å². The molecule has 1 aromatic rings. The Morgan fingerprint density at radius 3 is 2.55 bits per heavy atom. The van der Waals surface area contributed by atoms with Crippen LogP contribution in [0.1, 0.15) is 25.2 Å². The number of amides is 1. The van der Waals surface area contributed by atoms with Crippen molar-refractivity contribution in [3.63, 3.8) is 0 Å². The Hall–Kier alpha value is -1.21. The molecule has 1 unspecified atom stereocenters. The van der Waals surface area contributed by atoms with Crippen molar-refractivity contribution in [2.24, 2.45) is 5.92 Å². The number of thiol groups is 1. The van der Waals surface area contributed by atoms with Crippen molar-refractivity contribution in [2.45, 2.75) is 40.3 Å². The summed E-state index contributed by atoms with van der Waals surface area (Å²) >= 11 is 10.2. The van der Waals surface area contributed by atoms with E-state index in [2.05, 4.69) is 23.0 Å². The molecule has 0 saturated carbocycles. The van der Waals surface area contributed by atoms with Gasteiger partial charge < -0.3 is 10.1 Å². The van der Waals surface area contributed by atoms with E-state index >= 15 is 0 Å². The largest absolute Gasteiger partial charge is 0.464 e. The zero-order chi connectivity index (χ0) is 16.9. The van der Waals surface area contributed by atoms with Crippen molar-refractivity contribution >= 4 is 36.1 Å². The third-order valence-electron chi connectivity index (χ3n) is 3.26.